The molecule has 1 aromatic carbocycles. The van der Waals surface area contributed by atoms with E-state index in [1.54, 1.807) is 7.11 Å². The number of aromatic nitrogens is 1. The highest BCUT2D eigenvalue weighted by Crippen LogP contribution is 2.27. The maximum absolute atomic E-state index is 12.1. The number of hydrogen-bond acceptors (Lipinski definition) is 6. The van der Waals surface area contributed by atoms with Gasteiger partial charge >= 0.3 is 0 Å². The number of benzene rings is 1. The van der Waals surface area contributed by atoms with Gasteiger partial charge in [-0.05, 0) is 30.7 Å². The van der Waals surface area contributed by atoms with E-state index in [1.807, 2.05) is 29.6 Å². The van der Waals surface area contributed by atoms with Crippen LogP contribution < -0.4 is 10.1 Å². The average Bonchev–Trinajstić information content (AvgIpc) is 3.14. The number of carbonyl (C=O) groups is 1. The molecule has 8 heteroatoms. The molecule has 1 atom stereocenters. The zero-order valence-electron chi connectivity index (χ0n) is 12.5. The van der Waals surface area contributed by atoms with E-state index in [0.717, 1.165) is 17.0 Å². The normalized spacial score (nSPS) is 19.4. The second-order valence-corrected chi connectivity index (χ2v) is 8.44. The van der Waals surface area contributed by atoms with E-state index in [2.05, 4.69) is 10.3 Å². The van der Waals surface area contributed by atoms with Crippen molar-refractivity contribution in [3.05, 3.63) is 29.6 Å². The van der Waals surface area contributed by atoms with Crippen molar-refractivity contribution in [3.8, 4) is 17.0 Å². The Morgan fingerprint density at radius 2 is 2.09 bits per heavy atom. The topological polar surface area (TPSA) is 85.4 Å². The fourth-order valence-electron chi connectivity index (χ4n) is 2.43. The van der Waals surface area contributed by atoms with Crippen LogP contribution in [-0.2, 0) is 14.6 Å². The van der Waals surface area contributed by atoms with Crippen molar-refractivity contribution in [1.29, 1.82) is 0 Å². The van der Waals surface area contributed by atoms with E-state index in [9.17, 15) is 13.2 Å². The van der Waals surface area contributed by atoms with Gasteiger partial charge in [-0.25, -0.2) is 13.4 Å². The number of ether oxygens (including phenoxy) is 1. The number of anilines is 1. The molecule has 1 fully saturated rings. The van der Waals surface area contributed by atoms with Gasteiger partial charge in [-0.3, -0.25) is 4.79 Å². The van der Waals surface area contributed by atoms with Crippen LogP contribution in [0.3, 0.4) is 0 Å². The fourth-order valence-corrected chi connectivity index (χ4v) is 4.90. The minimum atomic E-state index is -3.07. The highest BCUT2D eigenvalue weighted by molar-refractivity contribution is 7.91. The van der Waals surface area contributed by atoms with Crippen LogP contribution in [-0.4, -0.2) is 37.9 Å². The van der Waals surface area contributed by atoms with Gasteiger partial charge in [0.15, 0.2) is 15.0 Å². The van der Waals surface area contributed by atoms with Crippen LogP contribution in [0.25, 0.3) is 11.3 Å². The quantitative estimate of drug-likeness (QED) is 0.912. The second kappa shape index (κ2) is 6.29. The van der Waals surface area contributed by atoms with Crippen molar-refractivity contribution in [1.82, 2.24) is 4.98 Å². The predicted molar refractivity (Wildman–Crippen MR) is 89.5 cm³/mol. The average molecular weight is 352 g/mol. The molecule has 0 spiro atoms. The van der Waals surface area contributed by atoms with Crippen molar-refractivity contribution in [2.75, 3.05) is 23.9 Å². The van der Waals surface area contributed by atoms with Crippen molar-refractivity contribution >= 4 is 32.2 Å². The van der Waals surface area contributed by atoms with Crippen molar-refractivity contribution in [3.63, 3.8) is 0 Å². The third-order valence-corrected chi connectivity index (χ3v) is 6.25. The van der Waals surface area contributed by atoms with Gasteiger partial charge in [0.25, 0.3) is 0 Å². The van der Waals surface area contributed by atoms with Gasteiger partial charge < -0.3 is 10.1 Å². The third-order valence-electron chi connectivity index (χ3n) is 3.72. The summed E-state index contributed by atoms with van der Waals surface area (Å²) in [6.07, 6.45) is 0.380. The first-order valence-corrected chi connectivity index (χ1v) is 9.78. The molecule has 122 valence electrons. The fraction of sp³-hybridized carbons (Fsp3) is 0.333. The summed E-state index contributed by atoms with van der Waals surface area (Å²) in [7, 11) is -1.46. The summed E-state index contributed by atoms with van der Waals surface area (Å²) in [6, 6.07) is 7.47. The molecule has 0 saturated carbocycles. The van der Waals surface area contributed by atoms with Gasteiger partial charge in [-0.2, -0.15) is 0 Å². The Balaban J connectivity index is 1.68. The summed E-state index contributed by atoms with van der Waals surface area (Å²) in [5.74, 6) is 0.0188. The van der Waals surface area contributed by atoms with E-state index in [0.29, 0.717) is 11.6 Å². The number of methoxy groups -OCH3 is 1. The minimum absolute atomic E-state index is 0.0739. The molecule has 2 heterocycles. The Labute approximate surface area is 138 Å². The molecule has 6 nitrogen and oxygen atoms in total. The van der Waals surface area contributed by atoms with Crippen LogP contribution in [0.15, 0.2) is 29.6 Å². The minimum Gasteiger partial charge on any atom is -0.497 e. The largest absolute Gasteiger partial charge is 0.497 e. The molecule has 23 heavy (non-hydrogen) atoms. The van der Waals surface area contributed by atoms with E-state index < -0.39 is 15.8 Å². The summed E-state index contributed by atoms with van der Waals surface area (Å²) in [5.41, 5.74) is 1.68. The van der Waals surface area contributed by atoms with Gasteiger partial charge in [-0.15, -0.1) is 11.3 Å². The first kappa shape index (κ1) is 15.9. The van der Waals surface area contributed by atoms with Crippen LogP contribution in [0.1, 0.15) is 6.42 Å². The van der Waals surface area contributed by atoms with Crippen LogP contribution in [0, 0.1) is 5.92 Å². The number of carbonyl (C=O) groups excluding carboxylic acids is 1. The number of rotatable bonds is 4. The van der Waals surface area contributed by atoms with Crippen LogP contribution in [0.2, 0.25) is 0 Å². The molecule has 1 N–H and O–H groups in total. The molecule has 1 aliphatic heterocycles. The van der Waals surface area contributed by atoms with Crippen LogP contribution >= 0.6 is 11.3 Å². The molecule has 2 aromatic rings. The predicted octanol–water partition coefficient (Wildman–Crippen LogP) is 2.19. The molecular weight excluding hydrogens is 336 g/mol. The molecule has 1 saturated heterocycles. The van der Waals surface area contributed by atoms with Gasteiger partial charge in [0.1, 0.15) is 5.75 Å². The summed E-state index contributed by atoms with van der Waals surface area (Å²) < 4.78 is 28.0. The molecule has 0 radical (unpaired) electrons. The standard InChI is InChI=1S/C15H16N2O4S2/c1-21-12-4-2-10(3-5-12)13-8-22-15(16-13)17-14(18)11-6-7-23(19,20)9-11/h2-5,8,11H,6-7,9H2,1H3,(H,16,17,18)/t11-/m1/s1. The summed E-state index contributed by atoms with van der Waals surface area (Å²) in [4.78, 5) is 16.5. The summed E-state index contributed by atoms with van der Waals surface area (Å²) in [6.45, 7) is 0. The maximum Gasteiger partial charge on any atom is 0.230 e. The molecule has 1 aromatic heterocycles. The third kappa shape index (κ3) is 3.70. The Bertz CT molecular complexity index is 812. The molecule has 1 aliphatic rings. The number of hydrogen-bond donors (Lipinski definition) is 1. The van der Waals surface area contributed by atoms with E-state index in [4.69, 9.17) is 4.74 Å². The highest BCUT2D eigenvalue weighted by Gasteiger charge is 2.33. The second-order valence-electron chi connectivity index (χ2n) is 5.36. The van der Waals surface area contributed by atoms with E-state index in [-0.39, 0.29) is 17.4 Å². The lowest BCUT2D eigenvalue weighted by atomic mass is 10.1. The van der Waals surface area contributed by atoms with Crippen LogP contribution in [0.4, 0.5) is 5.13 Å². The highest BCUT2D eigenvalue weighted by atomic mass is 32.2. The lowest BCUT2D eigenvalue weighted by molar-refractivity contribution is -0.119. The number of thiazole rings is 1. The molecule has 0 unspecified atom stereocenters. The smallest absolute Gasteiger partial charge is 0.230 e. The summed E-state index contributed by atoms with van der Waals surface area (Å²) >= 11 is 1.32. The lowest BCUT2D eigenvalue weighted by Gasteiger charge is -2.06. The number of nitrogens with one attached hydrogen (secondary N) is 1. The van der Waals surface area contributed by atoms with Crippen molar-refractivity contribution in [2.24, 2.45) is 5.92 Å². The first-order chi connectivity index (χ1) is 11.0. The zero-order chi connectivity index (χ0) is 16.4. The van der Waals surface area contributed by atoms with Gasteiger partial charge in [0.2, 0.25) is 5.91 Å². The number of amides is 1. The zero-order valence-corrected chi connectivity index (χ0v) is 14.1. The van der Waals surface area contributed by atoms with Gasteiger partial charge in [0.05, 0.1) is 30.2 Å². The monoisotopic (exact) mass is 352 g/mol. The van der Waals surface area contributed by atoms with Crippen LogP contribution in [0.5, 0.6) is 5.75 Å². The van der Waals surface area contributed by atoms with E-state index in [1.165, 1.54) is 11.3 Å². The number of sulfone groups is 1. The van der Waals surface area contributed by atoms with Crippen molar-refractivity contribution in [2.45, 2.75) is 6.42 Å². The molecular formula is C15H16N2O4S2. The van der Waals surface area contributed by atoms with Gasteiger partial charge in [-0.1, -0.05) is 0 Å². The SMILES string of the molecule is COc1ccc(-c2csc(NC(=O)[C@@H]3CCS(=O)(=O)C3)n2)cc1. The Hall–Kier alpha value is -1.93. The van der Waals surface area contributed by atoms with Crippen molar-refractivity contribution < 1.29 is 17.9 Å². The molecule has 3 rings (SSSR count). The molecule has 0 aliphatic carbocycles. The maximum atomic E-state index is 12.1. The molecule has 0 bridgehead atoms. The van der Waals surface area contributed by atoms with Gasteiger partial charge in [0, 0.05) is 10.9 Å². The van der Waals surface area contributed by atoms with E-state index >= 15 is 0 Å². The Kier molecular flexibility index (Phi) is 4.36. The first-order valence-electron chi connectivity index (χ1n) is 7.08. The molecule has 1 amide bonds. The Morgan fingerprint density at radius 3 is 2.70 bits per heavy atom. The number of nitrogens with zero attached hydrogens (tertiary/aromatic N) is 1. The lowest BCUT2D eigenvalue weighted by Crippen LogP contribution is -2.23. The summed E-state index contributed by atoms with van der Waals surface area (Å²) in [5, 5.41) is 5.04. The Morgan fingerprint density at radius 1 is 1.35 bits per heavy atom.